The van der Waals surface area contributed by atoms with Crippen LogP contribution in [0.15, 0.2) is 30.9 Å². The van der Waals surface area contributed by atoms with Crippen molar-refractivity contribution in [1.82, 2.24) is 24.5 Å². The Morgan fingerprint density at radius 2 is 2.21 bits per heavy atom. The lowest BCUT2D eigenvalue weighted by molar-refractivity contribution is -0.197. The minimum absolute atomic E-state index is 0.0487. The first-order valence-electron chi connectivity index (χ1n) is 11.5. The molecule has 7 rings (SSSR count). The van der Waals surface area contributed by atoms with Crippen molar-refractivity contribution >= 4 is 44.5 Å². The van der Waals surface area contributed by atoms with Gasteiger partial charge >= 0.3 is 0 Å². The first kappa shape index (κ1) is 20.2. The number of hydrogen-bond acceptors (Lipinski definition) is 8. The van der Waals surface area contributed by atoms with Crippen LogP contribution in [-0.4, -0.2) is 63.8 Å². The highest BCUT2D eigenvalue weighted by atomic mass is 32.1. The lowest BCUT2D eigenvalue weighted by Gasteiger charge is -2.55. The summed E-state index contributed by atoms with van der Waals surface area (Å²) in [5, 5.41) is 8.82. The number of aromatic nitrogens is 4. The highest BCUT2D eigenvalue weighted by Crippen LogP contribution is 2.43. The number of thiophene rings is 1. The van der Waals surface area contributed by atoms with E-state index in [1.807, 2.05) is 23.2 Å². The molecule has 1 N–H and O–H groups in total. The monoisotopic (exact) mass is 476 g/mol. The van der Waals surface area contributed by atoms with E-state index in [2.05, 4.69) is 20.4 Å². The minimum Gasteiger partial charge on any atom is -0.493 e. The predicted molar refractivity (Wildman–Crippen MR) is 128 cm³/mol. The molecule has 4 aromatic rings. The van der Waals surface area contributed by atoms with Gasteiger partial charge in [-0.1, -0.05) is 0 Å². The third-order valence-corrected chi connectivity index (χ3v) is 8.51. The molecule has 174 valence electrons. The molecular weight excluding hydrogens is 452 g/mol. The predicted octanol–water partition coefficient (Wildman–Crippen LogP) is 3.05. The number of anilines is 2. The van der Waals surface area contributed by atoms with Crippen molar-refractivity contribution in [1.29, 1.82) is 0 Å². The van der Waals surface area contributed by atoms with Gasteiger partial charge in [0.1, 0.15) is 17.0 Å². The maximum absolute atomic E-state index is 13.1. The Kier molecular flexibility index (Phi) is 4.38. The number of amides is 1. The molecule has 2 saturated heterocycles. The molecule has 0 saturated carbocycles. The molecule has 1 amide bonds. The van der Waals surface area contributed by atoms with E-state index in [9.17, 15) is 4.79 Å². The van der Waals surface area contributed by atoms with Crippen molar-refractivity contribution in [2.45, 2.75) is 19.3 Å². The lowest BCUT2D eigenvalue weighted by Crippen LogP contribution is -2.68. The number of methoxy groups -OCH3 is 1. The third-order valence-electron chi connectivity index (χ3n) is 7.35. The van der Waals surface area contributed by atoms with Crippen molar-refractivity contribution in [2.75, 3.05) is 38.7 Å². The fraction of sp³-hybridized carbons (Fsp3) is 0.417. The van der Waals surface area contributed by atoms with E-state index in [0.29, 0.717) is 11.7 Å². The summed E-state index contributed by atoms with van der Waals surface area (Å²) in [5.74, 6) is 1.79. The maximum Gasteiger partial charge on any atom is 0.226 e. The van der Waals surface area contributed by atoms with Crippen LogP contribution >= 0.6 is 11.3 Å². The van der Waals surface area contributed by atoms with Crippen molar-refractivity contribution in [3.05, 3.63) is 41.3 Å². The zero-order valence-corrected chi connectivity index (χ0v) is 19.6. The number of pyridine rings is 1. The average Bonchev–Trinajstić information content (AvgIpc) is 3.40. The van der Waals surface area contributed by atoms with E-state index in [4.69, 9.17) is 9.47 Å². The molecule has 0 unspecified atom stereocenters. The largest absolute Gasteiger partial charge is 0.493 e. The van der Waals surface area contributed by atoms with E-state index < -0.39 is 0 Å². The summed E-state index contributed by atoms with van der Waals surface area (Å²) in [5.41, 5.74) is 3.31. The molecular formula is C24H24N6O3S. The average molecular weight is 477 g/mol. The van der Waals surface area contributed by atoms with Crippen molar-refractivity contribution < 1.29 is 14.3 Å². The van der Waals surface area contributed by atoms with E-state index in [-0.39, 0.29) is 11.3 Å². The molecule has 2 aliphatic heterocycles. The fourth-order valence-corrected chi connectivity index (χ4v) is 6.77. The molecule has 4 aromatic heterocycles. The molecule has 9 nitrogen and oxygen atoms in total. The normalized spacial score (nSPS) is 20.7. The molecule has 6 heterocycles. The number of aryl methyl sites for hydroxylation is 1. The van der Waals surface area contributed by atoms with E-state index in [1.54, 1.807) is 35.5 Å². The van der Waals surface area contributed by atoms with Gasteiger partial charge in [-0.05, 0) is 37.0 Å². The number of ether oxygens (including phenoxy) is 2. The van der Waals surface area contributed by atoms with Gasteiger partial charge in [-0.3, -0.25) is 4.79 Å². The summed E-state index contributed by atoms with van der Waals surface area (Å²) < 4.78 is 12.7. The Balaban J connectivity index is 1.18. The van der Waals surface area contributed by atoms with Crippen LogP contribution in [0.1, 0.15) is 16.9 Å². The van der Waals surface area contributed by atoms with Gasteiger partial charge in [0.25, 0.3) is 0 Å². The van der Waals surface area contributed by atoms with Crippen LogP contribution in [0.5, 0.6) is 5.75 Å². The molecule has 2 fully saturated rings. The molecule has 1 spiro atoms. The Morgan fingerprint density at radius 3 is 3.00 bits per heavy atom. The highest BCUT2D eigenvalue weighted by Gasteiger charge is 2.51. The van der Waals surface area contributed by atoms with Gasteiger partial charge < -0.3 is 19.7 Å². The molecule has 0 radical (unpaired) electrons. The van der Waals surface area contributed by atoms with Gasteiger partial charge in [0.05, 0.1) is 48.5 Å². The first-order valence-corrected chi connectivity index (χ1v) is 12.3. The summed E-state index contributed by atoms with van der Waals surface area (Å²) in [6.45, 7) is 3.30. The second-order valence-corrected chi connectivity index (χ2v) is 10.7. The van der Waals surface area contributed by atoms with E-state index >= 15 is 0 Å². The van der Waals surface area contributed by atoms with Crippen molar-refractivity contribution in [3.8, 4) is 5.75 Å². The quantitative estimate of drug-likeness (QED) is 0.484. The Morgan fingerprint density at radius 1 is 1.32 bits per heavy atom. The van der Waals surface area contributed by atoms with Gasteiger partial charge in [-0.15, -0.1) is 11.3 Å². The summed E-state index contributed by atoms with van der Waals surface area (Å²) in [6.07, 6.45) is 7.70. The molecule has 0 aromatic carbocycles. The van der Waals surface area contributed by atoms with Gasteiger partial charge in [-0.25, -0.2) is 14.5 Å². The second kappa shape index (κ2) is 7.38. The number of carbonyl (C=O) groups is 1. The summed E-state index contributed by atoms with van der Waals surface area (Å²) in [7, 11) is 1.65. The van der Waals surface area contributed by atoms with Crippen LogP contribution in [0.25, 0.3) is 15.7 Å². The zero-order chi connectivity index (χ0) is 22.9. The third kappa shape index (κ3) is 3.01. The molecule has 34 heavy (non-hydrogen) atoms. The van der Waals surface area contributed by atoms with Gasteiger partial charge in [-0.2, -0.15) is 5.10 Å². The van der Waals surface area contributed by atoms with Crippen LogP contribution in [0.4, 0.5) is 11.5 Å². The second-order valence-electron chi connectivity index (χ2n) is 9.61. The SMILES string of the molecule is COc1cn2nccc2cc1Nc1ncnc2sc3c(c12)CC[C@H](C(=O)N1CC2(COC2)C1)C3. The number of fused-ring (bicyclic) bond motifs is 4. The standard InChI is InChI=1S/C24H24N6O3S/c1-32-18-8-30-15(4-5-27-30)7-17(18)28-21-20-16-3-2-14(6-19(16)34-22(20)26-13-25-21)23(31)29-9-24(10-29)11-33-12-24/h4-5,7-8,13-14H,2-3,6,9-12H2,1H3,(H,25,26,28)/t14-/m0/s1. The molecule has 0 bridgehead atoms. The summed E-state index contributed by atoms with van der Waals surface area (Å²) >= 11 is 1.69. The lowest BCUT2D eigenvalue weighted by atomic mass is 9.76. The van der Waals surface area contributed by atoms with E-state index in [0.717, 1.165) is 72.8 Å². The van der Waals surface area contributed by atoms with Gasteiger partial charge in [0, 0.05) is 30.1 Å². The smallest absolute Gasteiger partial charge is 0.226 e. The zero-order valence-electron chi connectivity index (χ0n) is 18.8. The summed E-state index contributed by atoms with van der Waals surface area (Å²) in [4.78, 5) is 26.5. The number of nitrogens with one attached hydrogen (secondary N) is 1. The molecule has 1 aliphatic carbocycles. The maximum atomic E-state index is 13.1. The number of likely N-dealkylation sites (tertiary alicyclic amines) is 1. The summed E-state index contributed by atoms with van der Waals surface area (Å²) in [6, 6.07) is 3.95. The molecule has 10 heteroatoms. The van der Waals surface area contributed by atoms with Gasteiger partial charge in [0.15, 0.2) is 5.75 Å². The number of nitrogens with zero attached hydrogens (tertiary/aromatic N) is 5. The Hall–Kier alpha value is -3.24. The topological polar surface area (TPSA) is 93.9 Å². The number of carbonyl (C=O) groups excluding carboxylic acids is 1. The van der Waals surface area contributed by atoms with Crippen molar-refractivity contribution in [3.63, 3.8) is 0 Å². The number of rotatable bonds is 4. The van der Waals surface area contributed by atoms with Gasteiger partial charge in [0.2, 0.25) is 5.91 Å². The molecule has 1 atom stereocenters. The van der Waals surface area contributed by atoms with E-state index in [1.165, 1.54) is 10.4 Å². The minimum atomic E-state index is 0.0487. The van der Waals surface area contributed by atoms with Crippen LogP contribution in [0.2, 0.25) is 0 Å². The first-order chi connectivity index (χ1) is 16.6. The number of hydrogen-bond donors (Lipinski definition) is 1. The van der Waals surface area contributed by atoms with Crippen LogP contribution < -0.4 is 10.1 Å². The molecule has 3 aliphatic rings. The Bertz CT molecular complexity index is 1430. The Labute approximate surface area is 199 Å². The van der Waals surface area contributed by atoms with Crippen LogP contribution in [0.3, 0.4) is 0 Å². The van der Waals surface area contributed by atoms with Crippen molar-refractivity contribution in [2.24, 2.45) is 11.3 Å². The van der Waals surface area contributed by atoms with Crippen LogP contribution in [0, 0.1) is 11.3 Å². The highest BCUT2D eigenvalue weighted by molar-refractivity contribution is 7.19. The fourth-order valence-electron chi connectivity index (χ4n) is 5.50. The van der Waals surface area contributed by atoms with Crippen LogP contribution in [-0.2, 0) is 22.4 Å².